The maximum absolute atomic E-state index is 6.80. The Morgan fingerprint density at radius 1 is 0.396 bits per heavy atom. The Morgan fingerprint density at radius 3 is 1.65 bits per heavy atom. The van der Waals surface area contributed by atoms with Crippen LogP contribution in [0.5, 0.6) is 0 Å². The van der Waals surface area contributed by atoms with Crippen molar-refractivity contribution in [2.75, 3.05) is 0 Å². The van der Waals surface area contributed by atoms with Crippen molar-refractivity contribution in [2.45, 2.75) is 0 Å². The fraction of sp³-hybridized carbons (Fsp3) is 0. The molecule has 0 aliphatic heterocycles. The number of nitrogens with zero attached hydrogens (tertiary/aromatic N) is 3. The average molecular weight is 612 g/mol. The first-order chi connectivity index (χ1) is 23.8. The van der Waals surface area contributed by atoms with Crippen molar-refractivity contribution in [1.29, 1.82) is 0 Å². The Labute approximate surface area is 274 Å². The molecule has 0 N–H and O–H groups in total. The van der Waals surface area contributed by atoms with Gasteiger partial charge in [0.25, 0.3) is 0 Å². The highest BCUT2D eigenvalue weighted by Crippen LogP contribution is 2.42. The molecule has 222 valence electrons. The first-order valence-corrected chi connectivity index (χ1v) is 16.3. The van der Waals surface area contributed by atoms with Crippen LogP contribution in [-0.2, 0) is 0 Å². The molecule has 11 aromatic rings. The molecule has 0 bridgehead atoms. The second-order valence-corrected chi connectivity index (χ2v) is 12.5. The Bertz CT molecular complexity index is 3040. The summed E-state index contributed by atoms with van der Waals surface area (Å²) in [5.41, 5.74) is 6.57. The predicted octanol–water partition coefficient (Wildman–Crippen LogP) is 11.8. The number of furan rings is 1. The van der Waals surface area contributed by atoms with E-state index in [1.165, 1.54) is 32.3 Å². The number of hydrogen-bond acceptors (Lipinski definition) is 3. The van der Waals surface area contributed by atoms with Gasteiger partial charge < -0.3 is 4.42 Å². The standard InChI is InChI=1S/C44H25N3O/c1-4-13-29-26(10-1)21-24-37-39(29)40-30-14-5-2-11-27(30)22-25-38(40)47(37)44-45-36-19-8-7-16-34(36)41(46-44)35-18-9-17-32-33-23-20-28-12-3-6-15-31(28)42(33)48-43(32)35/h1-25H. The van der Waals surface area contributed by atoms with Crippen LogP contribution in [0.2, 0.25) is 0 Å². The third-order valence-corrected chi connectivity index (χ3v) is 9.98. The third kappa shape index (κ3) is 3.43. The lowest BCUT2D eigenvalue weighted by Gasteiger charge is -2.12. The molecule has 0 spiro atoms. The zero-order chi connectivity index (χ0) is 31.3. The first-order valence-electron chi connectivity index (χ1n) is 16.3. The molecule has 3 aromatic heterocycles. The highest BCUT2D eigenvalue weighted by molar-refractivity contribution is 6.28. The van der Waals surface area contributed by atoms with Gasteiger partial charge >= 0.3 is 0 Å². The van der Waals surface area contributed by atoms with Crippen molar-refractivity contribution in [2.24, 2.45) is 0 Å². The van der Waals surface area contributed by atoms with E-state index >= 15 is 0 Å². The Balaban J connectivity index is 1.27. The van der Waals surface area contributed by atoms with Crippen LogP contribution in [0.3, 0.4) is 0 Å². The second kappa shape index (κ2) is 9.50. The van der Waals surface area contributed by atoms with Gasteiger partial charge in [-0.1, -0.05) is 121 Å². The van der Waals surface area contributed by atoms with Gasteiger partial charge in [0.15, 0.2) is 0 Å². The highest BCUT2D eigenvalue weighted by atomic mass is 16.3. The topological polar surface area (TPSA) is 43.9 Å². The van der Waals surface area contributed by atoms with Gasteiger partial charge in [-0.05, 0) is 57.3 Å². The zero-order valence-corrected chi connectivity index (χ0v) is 25.7. The number of aromatic nitrogens is 3. The summed E-state index contributed by atoms with van der Waals surface area (Å²) in [6, 6.07) is 53.5. The zero-order valence-electron chi connectivity index (χ0n) is 25.7. The van der Waals surface area contributed by atoms with Gasteiger partial charge in [-0.3, -0.25) is 4.57 Å². The molecular weight excluding hydrogens is 587 g/mol. The van der Waals surface area contributed by atoms with Crippen molar-refractivity contribution in [3.8, 4) is 17.2 Å². The van der Waals surface area contributed by atoms with E-state index in [9.17, 15) is 0 Å². The van der Waals surface area contributed by atoms with Crippen molar-refractivity contribution in [3.05, 3.63) is 152 Å². The molecule has 8 aromatic carbocycles. The van der Waals surface area contributed by atoms with Crippen molar-refractivity contribution >= 4 is 87.0 Å². The van der Waals surface area contributed by atoms with E-state index in [-0.39, 0.29) is 0 Å². The van der Waals surface area contributed by atoms with Gasteiger partial charge in [0.05, 0.1) is 22.2 Å². The van der Waals surface area contributed by atoms with E-state index in [2.05, 4.69) is 150 Å². The summed E-state index contributed by atoms with van der Waals surface area (Å²) in [6.45, 7) is 0. The number of rotatable bonds is 2. The normalized spacial score (nSPS) is 12.2. The molecule has 0 unspecified atom stereocenters. The summed E-state index contributed by atoms with van der Waals surface area (Å²) in [4.78, 5) is 10.7. The van der Waals surface area contributed by atoms with Gasteiger partial charge in [-0.15, -0.1) is 0 Å². The van der Waals surface area contributed by atoms with Crippen LogP contribution in [0.25, 0.3) is 104 Å². The fourth-order valence-corrected chi connectivity index (χ4v) is 7.85. The van der Waals surface area contributed by atoms with E-state index < -0.39 is 0 Å². The minimum atomic E-state index is 0.632. The van der Waals surface area contributed by atoms with Crippen LogP contribution < -0.4 is 0 Å². The summed E-state index contributed by atoms with van der Waals surface area (Å²) >= 11 is 0. The average Bonchev–Trinajstić information content (AvgIpc) is 3.71. The predicted molar refractivity (Wildman–Crippen MR) is 199 cm³/mol. The lowest BCUT2D eigenvalue weighted by atomic mass is 10.00. The smallest absolute Gasteiger partial charge is 0.235 e. The second-order valence-electron chi connectivity index (χ2n) is 12.5. The SMILES string of the molecule is c1ccc2c(c1)ccc1c3cccc(-c4nc(-n5c6ccc7ccccc7c6c6c7ccccc7ccc65)nc5ccccc45)c3oc21. The monoisotopic (exact) mass is 611 g/mol. The van der Waals surface area contributed by atoms with Crippen LogP contribution in [0, 0.1) is 0 Å². The molecule has 11 rings (SSSR count). The van der Waals surface area contributed by atoms with Gasteiger partial charge in [-0.2, -0.15) is 0 Å². The minimum absolute atomic E-state index is 0.632. The van der Waals surface area contributed by atoms with Gasteiger partial charge in [-0.25, -0.2) is 9.97 Å². The Kier molecular flexibility index (Phi) is 5.08. The largest absolute Gasteiger partial charge is 0.455 e. The van der Waals surface area contributed by atoms with E-state index in [4.69, 9.17) is 14.4 Å². The lowest BCUT2D eigenvalue weighted by Crippen LogP contribution is -2.03. The molecule has 0 fully saturated rings. The summed E-state index contributed by atoms with van der Waals surface area (Å²) in [5.74, 6) is 0.632. The molecule has 0 atom stereocenters. The van der Waals surface area contributed by atoms with Crippen LogP contribution in [0.15, 0.2) is 156 Å². The highest BCUT2D eigenvalue weighted by Gasteiger charge is 2.22. The van der Waals surface area contributed by atoms with Crippen LogP contribution >= 0.6 is 0 Å². The molecule has 3 heterocycles. The molecule has 4 nitrogen and oxygen atoms in total. The quantitative estimate of drug-likeness (QED) is 0.195. The number of hydrogen-bond donors (Lipinski definition) is 0. The molecule has 0 aliphatic carbocycles. The Hall–Kier alpha value is -6.52. The van der Waals surface area contributed by atoms with Gasteiger partial charge in [0.1, 0.15) is 11.2 Å². The Morgan fingerprint density at radius 2 is 0.938 bits per heavy atom. The van der Waals surface area contributed by atoms with Crippen molar-refractivity contribution < 1.29 is 4.42 Å². The maximum atomic E-state index is 6.80. The number of fused-ring (bicyclic) bond motifs is 13. The molecule has 0 saturated carbocycles. The molecule has 0 radical (unpaired) electrons. The third-order valence-electron chi connectivity index (χ3n) is 9.98. The number of para-hydroxylation sites is 2. The number of benzene rings is 8. The fourth-order valence-electron chi connectivity index (χ4n) is 7.85. The van der Waals surface area contributed by atoms with Gasteiger partial charge in [0, 0.05) is 37.9 Å². The molecule has 48 heavy (non-hydrogen) atoms. The summed E-state index contributed by atoms with van der Waals surface area (Å²) in [5, 5.41) is 12.7. The van der Waals surface area contributed by atoms with Gasteiger partial charge in [0.2, 0.25) is 5.95 Å². The lowest BCUT2D eigenvalue weighted by molar-refractivity contribution is 0.673. The van der Waals surface area contributed by atoms with Crippen molar-refractivity contribution in [1.82, 2.24) is 14.5 Å². The maximum Gasteiger partial charge on any atom is 0.235 e. The molecule has 4 heteroatoms. The molecular formula is C44H25N3O. The van der Waals surface area contributed by atoms with E-state index in [0.29, 0.717) is 5.95 Å². The summed E-state index contributed by atoms with van der Waals surface area (Å²) in [7, 11) is 0. The van der Waals surface area contributed by atoms with Crippen LogP contribution in [0.1, 0.15) is 0 Å². The molecule has 0 aliphatic rings. The summed E-state index contributed by atoms with van der Waals surface area (Å²) < 4.78 is 9.04. The minimum Gasteiger partial charge on any atom is -0.455 e. The van der Waals surface area contributed by atoms with Crippen LogP contribution in [0.4, 0.5) is 0 Å². The van der Waals surface area contributed by atoms with Crippen molar-refractivity contribution in [3.63, 3.8) is 0 Å². The molecule has 0 amide bonds. The summed E-state index contributed by atoms with van der Waals surface area (Å²) in [6.07, 6.45) is 0. The van der Waals surface area contributed by atoms with E-state index in [1.807, 2.05) is 6.07 Å². The van der Waals surface area contributed by atoms with Crippen LogP contribution in [-0.4, -0.2) is 14.5 Å². The van der Waals surface area contributed by atoms with E-state index in [1.54, 1.807) is 0 Å². The molecule has 0 saturated heterocycles. The van der Waals surface area contributed by atoms with E-state index in [0.717, 1.165) is 65.9 Å². The first kappa shape index (κ1) is 25.6.